The Hall–Kier alpha value is -0.560. The number of β-amino-alcohol motifs (C(OH)–C–C–N with tert-alkyl or cyclic N) is 1. The summed E-state index contributed by atoms with van der Waals surface area (Å²) in [6, 6.07) is 0. The van der Waals surface area contributed by atoms with Crippen molar-refractivity contribution in [2.45, 2.75) is 30.1 Å². The lowest BCUT2D eigenvalue weighted by Gasteiger charge is -2.32. The fourth-order valence-electron chi connectivity index (χ4n) is 2.31. The highest BCUT2D eigenvalue weighted by molar-refractivity contribution is 7.98. The lowest BCUT2D eigenvalue weighted by Crippen LogP contribution is -2.51. The van der Waals surface area contributed by atoms with Gasteiger partial charge in [0.05, 0.1) is 17.5 Å². The average molecular weight is 270 g/mol. The quantitative estimate of drug-likeness (QED) is 0.674. The van der Waals surface area contributed by atoms with Gasteiger partial charge in [-0.2, -0.15) is 0 Å². The van der Waals surface area contributed by atoms with Crippen LogP contribution in [0.25, 0.3) is 0 Å². The largest absolute Gasteiger partial charge is 0.387 e. The SMILES string of the molecule is CSc1ncc(CNC[C@]2(O)CCCNC2)n1C. The second-order valence-electron chi connectivity index (χ2n) is 4.90. The molecule has 1 aromatic rings. The molecule has 1 aliphatic heterocycles. The molecule has 0 aliphatic carbocycles. The summed E-state index contributed by atoms with van der Waals surface area (Å²) in [7, 11) is 2.02. The van der Waals surface area contributed by atoms with Crippen LogP contribution >= 0.6 is 11.8 Å². The van der Waals surface area contributed by atoms with Gasteiger partial charge in [0.25, 0.3) is 0 Å². The summed E-state index contributed by atoms with van der Waals surface area (Å²) in [5.41, 5.74) is 0.547. The number of piperidine rings is 1. The Labute approximate surface area is 112 Å². The summed E-state index contributed by atoms with van der Waals surface area (Å²) in [5.74, 6) is 0. The molecular weight excluding hydrogens is 248 g/mol. The van der Waals surface area contributed by atoms with Crippen molar-refractivity contribution in [3.8, 4) is 0 Å². The lowest BCUT2D eigenvalue weighted by molar-refractivity contribution is 0.0168. The summed E-state index contributed by atoms with van der Waals surface area (Å²) < 4.78 is 2.08. The van der Waals surface area contributed by atoms with Gasteiger partial charge >= 0.3 is 0 Å². The van der Waals surface area contributed by atoms with E-state index in [9.17, 15) is 5.11 Å². The molecule has 0 radical (unpaired) electrons. The number of hydrogen-bond donors (Lipinski definition) is 3. The Kier molecular flexibility index (Phi) is 4.66. The molecule has 1 atom stereocenters. The Balaban J connectivity index is 1.82. The van der Waals surface area contributed by atoms with Crippen molar-refractivity contribution >= 4 is 11.8 Å². The number of aromatic nitrogens is 2. The topological polar surface area (TPSA) is 62.1 Å². The first-order chi connectivity index (χ1) is 8.64. The maximum absolute atomic E-state index is 10.3. The number of nitrogens with zero attached hydrogens (tertiary/aromatic N) is 2. The smallest absolute Gasteiger partial charge is 0.167 e. The highest BCUT2D eigenvalue weighted by atomic mass is 32.2. The third kappa shape index (κ3) is 3.26. The Morgan fingerprint density at radius 1 is 1.67 bits per heavy atom. The number of thioether (sulfide) groups is 1. The van der Waals surface area contributed by atoms with Gasteiger partial charge in [-0.3, -0.25) is 0 Å². The molecule has 2 rings (SSSR count). The molecule has 3 N–H and O–H groups in total. The highest BCUT2D eigenvalue weighted by Gasteiger charge is 2.28. The van der Waals surface area contributed by atoms with E-state index in [1.165, 1.54) is 0 Å². The first-order valence-corrected chi connectivity index (χ1v) is 7.55. The average Bonchev–Trinajstić information content (AvgIpc) is 2.71. The summed E-state index contributed by atoms with van der Waals surface area (Å²) >= 11 is 1.64. The molecule has 102 valence electrons. The molecule has 0 aromatic carbocycles. The zero-order chi connectivity index (χ0) is 13.0. The van der Waals surface area contributed by atoms with Crippen molar-refractivity contribution in [3.05, 3.63) is 11.9 Å². The molecule has 1 fully saturated rings. The molecule has 6 heteroatoms. The lowest BCUT2D eigenvalue weighted by atomic mass is 9.94. The minimum Gasteiger partial charge on any atom is -0.387 e. The molecule has 1 saturated heterocycles. The van der Waals surface area contributed by atoms with Gasteiger partial charge in [-0.1, -0.05) is 11.8 Å². The minimum atomic E-state index is -0.598. The maximum Gasteiger partial charge on any atom is 0.167 e. The van der Waals surface area contributed by atoms with Gasteiger partial charge in [0, 0.05) is 26.7 Å². The van der Waals surface area contributed by atoms with Crippen molar-refractivity contribution < 1.29 is 5.11 Å². The van der Waals surface area contributed by atoms with Crippen LogP contribution in [0, 0.1) is 0 Å². The van der Waals surface area contributed by atoms with Gasteiger partial charge in [0.2, 0.25) is 0 Å². The van der Waals surface area contributed by atoms with E-state index in [-0.39, 0.29) is 0 Å². The number of rotatable bonds is 5. The molecule has 0 bridgehead atoms. The van der Waals surface area contributed by atoms with Gasteiger partial charge in [0.1, 0.15) is 0 Å². The van der Waals surface area contributed by atoms with E-state index < -0.39 is 5.60 Å². The van der Waals surface area contributed by atoms with Crippen molar-refractivity contribution in [3.63, 3.8) is 0 Å². The van der Waals surface area contributed by atoms with Crippen LogP contribution < -0.4 is 10.6 Å². The van der Waals surface area contributed by atoms with Crippen LogP contribution in [0.15, 0.2) is 11.4 Å². The highest BCUT2D eigenvalue weighted by Crippen LogP contribution is 2.16. The van der Waals surface area contributed by atoms with E-state index in [0.29, 0.717) is 13.1 Å². The normalized spacial score (nSPS) is 24.4. The van der Waals surface area contributed by atoms with Gasteiger partial charge in [0.15, 0.2) is 5.16 Å². The predicted octanol–water partition coefficient (Wildman–Crippen LogP) is 0.346. The van der Waals surface area contributed by atoms with Crippen LogP contribution in [0.2, 0.25) is 0 Å². The zero-order valence-corrected chi connectivity index (χ0v) is 11.9. The van der Waals surface area contributed by atoms with Crippen LogP contribution in [-0.4, -0.2) is 46.1 Å². The Morgan fingerprint density at radius 2 is 2.50 bits per heavy atom. The number of nitrogens with one attached hydrogen (secondary N) is 2. The minimum absolute atomic E-state index is 0.598. The number of aliphatic hydroxyl groups is 1. The maximum atomic E-state index is 10.3. The fraction of sp³-hybridized carbons (Fsp3) is 0.750. The first kappa shape index (κ1) is 13.9. The molecule has 0 unspecified atom stereocenters. The van der Waals surface area contributed by atoms with E-state index in [1.54, 1.807) is 11.8 Å². The summed E-state index contributed by atoms with van der Waals surface area (Å²) in [5, 5.41) is 17.9. The van der Waals surface area contributed by atoms with E-state index in [4.69, 9.17) is 0 Å². The molecule has 0 spiro atoms. The van der Waals surface area contributed by atoms with Crippen molar-refractivity contribution in [1.29, 1.82) is 0 Å². The van der Waals surface area contributed by atoms with Crippen LogP contribution in [-0.2, 0) is 13.6 Å². The van der Waals surface area contributed by atoms with Crippen molar-refractivity contribution in [2.24, 2.45) is 7.05 Å². The van der Waals surface area contributed by atoms with E-state index >= 15 is 0 Å². The summed E-state index contributed by atoms with van der Waals surface area (Å²) in [4.78, 5) is 4.33. The van der Waals surface area contributed by atoms with Gasteiger partial charge in [-0.25, -0.2) is 4.98 Å². The number of imidazole rings is 1. The fourth-order valence-corrected chi connectivity index (χ4v) is 2.85. The predicted molar refractivity (Wildman–Crippen MR) is 73.7 cm³/mol. The summed E-state index contributed by atoms with van der Waals surface area (Å²) in [6.45, 7) is 3.06. The second kappa shape index (κ2) is 6.06. The van der Waals surface area contributed by atoms with Crippen LogP contribution in [0.1, 0.15) is 18.5 Å². The van der Waals surface area contributed by atoms with Gasteiger partial charge in [-0.15, -0.1) is 0 Å². The first-order valence-electron chi connectivity index (χ1n) is 6.33. The van der Waals surface area contributed by atoms with Gasteiger partial charge in [-0.05, 0) is 25.6 Å². The molecule has 18 heavy (non-hydrogen) atoms. The Bertz CT molecular complexity index is 387. The molecule has 5 nitrogen and oxygen atoms in total. The number of hydrogen-bond acceptors (Lipinski definition) is 5. The van der Waals surface area contributed by atoms with Crippen LogP contribution in [0.3, 0.4) is 0 Å². The molecule has 1 aromatic heterocycles. The van der Waals surface area contributed by atoms with E-state index in [2.05, 4.69) is 20.2 Å². The monoisotopic (exact) mass is 270 g/mol. The van der Waals surface area contributed by atoms with Crippen molar-refractivity contribution in [2.75, 3.05) is 25.9 Å². The molecule has 2 heterocycles. The van der Waals surface area contributed by atoms with Crippen molar-refractivity contribution in [1.82, 2.24) is 20.2 Å². The van der Waals surface area contributed by atoms with E-state index in [1.807, 2.05) is 19.5 Å². The third-order valence-corrected chi connectivity index (χ3v) is 4.18. The third-order valence-electron chi connectivity index (χ3n) is 3.43. The second-order valence-corrected chi connectivity index (χ2v) is 5.68. The molecule has 0 saturated carbocycles. The summed E-state index contributed by atoms with van der Waals surface area (Å²) in [6.07, 6.45) is 5.83. The van der Waals surface area contributed by atoms with Crippen LogP contribution in [0.5, 0.6) is 0 Å². The molecular formula is C12H22N4OS. The van der Waals surface area contributed by atoms with Crippen LogP contribution in [0.4, 0.5) is 0 Å². The zero-order valence-electron chi connectivity index (χ0n) is 11.1. The van der Waals surface area contributed by atoms with E-state index in [0.717, 1.165) is 36.8 Å². The molecule has 1 aliphatic rings. The van der Waals surface area contributed by atoms with Gasteiger partial charge < -0.3 is 20.3 Å². The standard InChI is InChI=1S/C12H22N4OS/c1-16-10(7-15-11(16)18-2)6-14-9-12(17)4-3-5-13-8-12/h7,13-14,17H,3-6,8-9H2,1-2H3/t12-/m0/s1. The Morgan fingerprint density at radius 3 is 3.11 bits per heavy atom. The molecule has 0 amide bonds.